The van der Waals surface area contributed by atoms with Crippen LogP contribution in [0, 0.1) is 11.3 Å². The lowest BCUT2D eigenvalue weighted by atomic mass is 10.2. The van der Waals surface area contributed by atoms with E-state index in [4.69, 9.17) is 10.00 Å². The maximum atomic E-state index is 9.04. The first kappa shape index (κ1) is 14.1. The first-order valence-electron chi connectivity index (χ1n) is 6.85. The highest BCUT2D eigenvalue weighted by Gasteiger charge is 2.11. The Labute approximate surface area is 118 Å². The molecule has 1 heterocycles. The summed E-state index contributed by atoms with van der Waals surface area (Å²) in [6, 6.07) is 11.8. The Hall–Kier alpha value is -2.35. The SMILES string of the molecule is CCCn1nnc(C#N)c1CCCOc1ccccc1. The molecule has 2 rings (SSSR count). The number of aryl methyl sites for hydroxylation is 1. The van der Waals surface area contributed by atoms with Gasteiger partial charge in [-0.15, -0.1) is 5.10 Å². The second-order valence-corrected chi connectivity index (χ2v) is 4.48. The maximum absolute atomic E-state index is 9.04. The number of nitrogens with zero attached hydrogens (tertiary/aromatic N) is 4. The number of ether oxygens (including phenoxy) is 1. The van der Waals surface area contributed by atoms with Gasteiger partial charge in [-0.2, -0.15) is 5.26 Å². The van der Waals surface area contributed by atoms with Crippen LogP contribution < -0.4 is 4.74 Å². The zero-order valence-corrected chi connectivity index (χ0v) is 11.6. The largest absolute Gasteiger partial charge is 0.494 e. The maximum Gasteiger partial charge on any atom is 0.185 e. The quantitative estimate of drug-likeness (QED) is 0.725. The molecule has 104 valence electrons. The molecule has 5 heteroatoms. The van der Waals surface area contributed by atoms with Gasteiger partial charge in [0.25, 0.3) is 0 Å². The van der Waals surface area contributed by atoms with Gasteiger partial charge in [0.2, 0.25) is 0 Å². The van der Waals surface area contributed by atoms with Crippen molar-refractivity contribution in [2.24, 2.45) is 0 Å². The highest BCUT2D eigenvalue weighted by molar-refractivity contribution is 5.25. The number of aromatic nitrogens is 3. The van der Waals surface area contributed by atoms with E-state index in [1.807, 2.05) is 35.0 Å². The summed E-state index contributed by atoms with van der Waals surface area (Å²) in [6.07, 6.45) is 2.56. The molecule has 0 aliphatic rings. The Morgan fingerprint density at radius 1 is 1.30 bits per heavy atom. The Balaban J connectivity index is 1.87. The third kappa shape index (κ3) is 3.58. The molecule has 0 saturated carbocycles. The molecule has 0 aliphatic carbocycles. The minimum Gasteiger partial charge on any atom is -0.494 e. The molecule has 0 amide bonds. The van der Waals surface area contributed by atoms with Crippen LogP contribution in [-0.2, 0) is 13.0 Å². The molecule has 0 N–H and O–H groups in total. The van der Waals surface area contributed by atoms with Crippen molar-refractivity contribution in [2.75, 3.05) is 6.61 Å². The predicted molar refractivity (Wildman–Crippen MR) is 75.3 cm³/mol. The molecule has 1 aromatic heterocycles. The fourth-order valence-electron chi connectivity index (χ4n) is 2.00. The van der Waals surface area contributed by atoms with E-state index in [-0.39, 0.29) is 0 Å². The van der Waals surface area contributed by atoms with Crippen molar-refractivity contribution >= 4 is 0 Å². The van der Waals surface area contributed by atoms with Crippen LogP contribution in [0.1, 0.15) is 31.2 Å². The third-order valence-corrected chi connectivity index (χ3v) is 2.95. The highest BCUT2D eigenvalue weighted by Crippen LogP contribution is 2.11. The normalized spacial score (nSPS) is 10.2. The van der Waals surface area contributed by atoms with Gasteiger partial charge in [-0.1, -0.05) is 30.3 Å². The minimum absolute atomic E-state index is 0.429. The molecule has 1 aromatic carbocycles. The summed E-state index contributed by atoms with van der Waals surface area (Å²) in [6.45, 7) is 3.49. The number of para-hydroxylation sites is 1. The van der Waals surface area contributed by atoms with Crippen LogP contribution >= 0.6 is 0 Å². The van der Waals surface area contributed by atoms with Crippen LogP contribution in [0.3, 0.4) is 0 Å². The molecule has 0 bridgehead atoms. The predicted octanol–water partition coefficient (Wildman–Crippen LogP) is 2.57. The van der Waals surface area contributed by atoms with Gasteiger partial charge >= 0.3 is 0 Å². The standard InChI is InChI=1S/C15H18N4O/c1-2-10-19-15(14(12-16)17-18-19)9-6-11-20-13-7-4-3-5-8-13/h3-5,7-8H,2,6,9-11H2,1H3. The van der Waals surface area contributed by atoms with Crippen LogP contribution in [0.5, 0.6) is 5.75 Å². The zero-order chi connectivity index (χ0) is 14.2. The van der Waals surface area contributed by atoms with Gasteiger partial charge < -0.3 is 4.74 Å². The second-order valence-electron chi connectivity index (χ2n) is 4.48. The number of benzene rings is 1. The fourth-order valence-corrected chi connectivity index (χ4v) is 2.00. The average Bonchev–Trinajstić information content (AvgIpc) is 2.87. The fraction of sp³-hybridized carbons (Fsp3) is 0.400. The van der Waals surface area contributed by atoms with Crippen LogP contribution in [-0.4, -0.2) is 21.6 Å². The van der Waals surface area contributed by atoms with Gasteiger partial charge in [-0.05, 0) is 31.4 Å². The van der Waals surface area contributed by atoms with E-state index in [2.05, 4.69) is 23.3 Å². The van der Waals surface area contributed by atoms with E-state index in [1.54, 1.807) is 0 Å². The van der Waals surface area contributed by atoms with Gasteiger partial charge in [-0.3, -0.25) is 0 Å². The lowest BCUT2D eigenvalue weighted by Gasteiger charge is -2.07. The average molecular weight is 270 g/mol. The Kier molecular flexibility index (Phi) is 5.13. The second kappa shape index (κ2) is 7.29. The summed E-state index contributed by atoms with van der Waals surface area (Å²) in [5.74, 6) is 0.869. The van der Waals surface area contributed by atoms with Gasteiger partial charge in [0, 0.05) is 6.54 Å². The van der Waals surface area contributed by atoms with Gasteiger partial charge in [0.15, 0.2) is 5.69 Å². The summed E-state index contributed by atoms with van der Waals surface area (Å²) >= 11 is 0. The Morgan fingerprint density at radius 3 is 2.80 bits per heavy atom. The molecule has 0 fully saturated rings. The smallest absolute Gasteiger partial charge is 0.185 e. The van der Waals surface area contributed by atoms with E-state index in [9.17, 15) is 0 Å². The van der Waals surface area contributed by atoms with E-state index in [1.165, 1.54) is 0 Å². The molecule has 20 heavy (non-hydrogen) atoms. The summed E-state index contributed by atoms with van der Waals surface area (Å²) in [5, 5.41) is 17.0. The molecule has 2 aromatic rings. The van der Waals surface area contributed by atoms with Crippen molar-refractivity contribution in [1.29, 1.82) is 5.26 Å². The van der Waals surface area contributed by atoms with Crippen molar-refractivity contribution in [3.63, 3.8) is 0 Å². The monoisotopic (exact) mass is 270 g/mol. The van der Waals surface area contributed by atoms with E-state index in [0.717, 1.165) is 37.3 Å². The summed E-state index contributed by atoms with van der Waals surface area (Å²) in [7, 11) is 0. The molecule has 5 nitrogen and oxygen atoms in total. The lowest BCUT2D eigenvalue weighted by Crippen LogP contribution is -2.07. The first-order chi connectivity index (χ1) is 9.85. The molecule has 0 unspecified atom stereocenters. The number of rotatable bonds is 7. The molecule has 0 spiro atoms. The topological polar surface area (TPSA) is 63.7 Å². The van der Waals surface area contributed by atoms with Crippen LogP contribution in [0.15, 0.2) is 30.3 Å². The van der Waals surface area contributed by atoms with Gasteiger partial charge in [0.1, 0.15) is 11.8 Å². The van der Waals surface area contributed by atoms with E-state index >= 15 is 0 Å². The van der Waals surface area contributed by atoms with Crippen LogP contribution in [0.2, 0.25) is 0 Å². The van der Waals surface area contributed by atoms with E-state index < -0.39 is 0 Å². The van der Waals surface area contributed by atoms with Gasteiger partial charge in [-0.25, -0.2) is 4.68 Å². The van der Waals surface area contributed by atoms with Crippen molar-refractivity contribution in [2.45, 2.75) is 32.7 Å². The minimum atomic E-state index is 0.429. The highest BCUT2D eigenvalue weighted by atomic mass is 16.5. The third-order valence-electron chi connectivity index (χ3n) is 2.95. The number of hydrogen-bond donors (Lipinski definition) is 0. The van der Waals surface area contributed by atoms with Crippen molar-refractivity contribution in [3.05, 3.63) is 41.7 Å². The summed E-state index contributed by atoms with van der Waals surface area (Å²) < 4.78 is 7.47. The molecule has 0 aliphatic heterocycles. The summed E-state index contributed by atoms with van der Waals surface area (Å²) in [5.41, 5.74) is 1.34. The van der Waals surface area contributed by atoms with Crippen molar-refractivity contribution in [3.8, 4) is 11.8 Å². The van der Waals surface area contributed by atoms with E-state index in [0.29, 0.717) is 12.3 Å². The number of hydrogen-bond acceptors (Lipinski definition) is 4. The lowest BCUT2D eigenvalue weighted by molar-refractivity contribution is 0.309. The Bertz CT molecular complexity index is 571. The molecular formula is C15H18N4O. The molecule has 0 atom stereocenters. The van der Waals surface area contributed by atoms with Crippen LogP contribution in [0.25, 0.3) is 0 Å². The zero-order valence-electron chi connectivity index (χ0n) is 11.6. The Morgan fingerprint density at radius 2 is 2.10 bits per heavy atom. The van der Waals surface area contributed by atoms with Crippen molar-refractivity contribution in [1.82, 2.24) is 15.0 Å². The molecular weight excluding hydrogens is 252 g/mol. The molecule has 0 saturated heterocycles. The number of nitriles is 1. The van der Waals surface area contributed by atoms with Crippen LogP contribution in [0.4, 0.5) is 0 Å². The summed E-state index contributed by atoms with van der Waals surface area (Å²) in [4.78, 5) is 0. The molecule has 0 radical (unpaired) electrons. The van der Waals surface area contributed by atoms with Crippen molar-refractivity contribution < 1.29 is 4.74 Å². The van der Waals surface area contributed by atoms with Gasteiger partial charge in [0.05, 0.1) is 12.3 Å². The first-order valence-corrected chi connectivity index (χ1v) is 6.85.